The first-order chi connectivity index (χ1) is 8.51. The summed E-state index contributed by atoms with van der Waals surface area (Å²) in [5.41, 5.74) is 0.755. The van der Waals surface area contributed by atoms with Gasteiger partial charge >= 0.3 is 8.80 Å². The summed E-state index contributed by atoms with van der Waals surface area (Å²) in [5, 5.41) is 6.74. The highest BCUT2D eigenvalue weighted by atomic mass is 28.4. The van der Waals surface area contributed by atoms with E-state index in [-0.39, 0.29) is 0 Å². The molecule has 0 radical (unpaired) electrons. The van der Waals surface area contributed by atoms with Crippen molar-refractivity contribution in [1.82, 2.24) is 0 Å². The summed E-state index contributed by atoms with van der Waals surface area (Å²) in [6.45, 7) is 13.9. The predicted molar refractivity (Wildman–Crippen MR) is 79.4 cm³/mol. The van der Waals surface area contributed by atoms with Gasteiger partial charge in [-0.15, -0.1) is 0 Å². The lowest BCUT2D eigenvalue weighted by atomic mass is 10.3. The Morgan fingerprint density at radius 3 is 1.39 bits per heavy atom. The van der Waals surface area contributed by atoms with Gasteiger partial charge in [0.05, 0.1) is 0 Å². The van der Waals surface area contributed by atoms with Crippen molar-refractivity contribution in [3.8, 4) is 0 Å². The van der Waals surface area contributed by atoms with E-state index < -0.39 is 8.80 Å². The van der Waals surface area contributed by atoms with Crippen molar-refractivity contribution >= 4 is 14.5 Å². The van der Waals surface area contributed by atoms with Crippen LogP contribution in [0.15, 0.2) is 0 Å². The largest absolute Gasteiger partial charge is 0.500 e. The van der Waals surface area contributed by atoms with E-state index in [1.54, 1.807) is 6.92 Å². The molecule has 18 heavy (non-hydrogen) atoms. The van der Waals surface area contributed by atoms with Crippen LogP contribution in [0.4, 0.5) is 0 Å². The fourth-order valence-corrected chi connectivity index (χ4v) is 3.92. The highest BCUT2D eigenvalue weighted by molar-refractivity contribution is 6.60. The molecular formula is C13H31NO3Si. The molecule has 0 bridgehead atoms. The first-order valence-corrected chi connectivity index (χ1v) is 8.90. The van der Waals surface area contributed by atoms with E-state index in [0.717, 1.165) is 24.6 Å². The summed E-state index contributed by atoms with van der Waals surface area (Å²) in [4.78, 5) is 0. The van der Waals surface area contributed by atoms with Crippen LogP contribution in [0.25, 0.3) is 0 Å². The maximum Gasteiger partial charge on any atom is 0.500 e. The van der Waals surface area contributed by atoms with Crippen LogP contribution in [0.2, 0.25) is 6.04 Å². The molecule has 0 amide bonds. The zero-order valence-electron chi connectivity index (χ0n) is 13.0. The van der Waals surface area contributed by atoms with Crippen LogP contribution in [-0.2, 0) is 13.3 Å². The van der Waals surface area contributed by atoms with Gasteiger partial charge in [0.15, 0.2) is 0 Å². The molecule has 0 saturated heterocycles. The lowest BCUT2D eigenvalue weighted by Gasteiger charge is -2.27. The smallest absolute Gasteiger partial charge is 0.374 e. The molecule has 0 aromatic heterocycles. The minimum absolute atomic E-state index is 0.673. The summed E-state index contributed by atoms with van der Waals surface area (Å²) in [5.74, 6) is 0. The van der Waals surface area contributed by atoms with Crippen LogP contribution in [0, 0.1) is 5.41 Å². The minimum Gasteiger partial charge on any atom is -0.374 e. The van der Waals surface area contributed by atoms with Crippen molar-refractivity contribution in [2.24, 2.45) is 0 Å². The topological polar surface area (TPSA) is 51.5 Å². The summed E-state index contributed by atoms with van der Waals surface area (Å²) >= 11 is 0. The van der Waals surface area contributed by atoms with Gasteiger partial charge < -0.3 is 18.7 Å². The molecule has 0 aliphatic carbocycles. The van der Waals surface area contributed by atoms with Gasteiger partial charge in [-0.1, -0.05) is 20.3 Å². The van der Waals surface area contributed by atoms with Gasteiger partial charge in [0.25, 0.3) is 0 Å². The Bertz CT molecular complexity index is 171. The maximum atomic E-state index is 6.74. The monoisotopic (exact) mass is 277 g/mol. The van der Waals surface area contributed by atoms with Crippen LogP contribution in [0.3, 0.4) is 0 Å². The zero-order chi connectivity index (χ0) is 14.4. The Kier molecular flexibility index (Phi) is 14.7. The summed E-state index contributed by atoms with van der Waals surface area (Å²) in [6, 6.07) is 0.919. The van der Waals surface area contributed by atoms with Gasteiger partial charge in [0.2, 0.25) is 0 Å². The first-order valence-electron chi connectivity index (χ1n) is 6.97. The second-order valence-electron chi connectivity index (χ2n) is 3.87. The minimum atomic E-state index is -2.30. The number of hydrogen-bond donors (Lipinski definition) is 1. The third-order valence-corrected chi connectivity index (χ3v) is 5.48. The van der Waals surface area contributed by atoms with Crippen molar-refractivity contribution < 1.29 is 13.3 Å². The molecule has 4 nitrogen and oxygen atoms in total. The molecule has 0 aromatic carbocycles. The highest BCUT2D eigenvalue weighted by Gasteiger charge is 2.38. The summed E-state index contributed by atoms with van der Waals surface area (Å²) in [7, 11) is -2.30. The standard InChI is InChI=1S/C9H22O3Si.C4H9N/c1-5-9-13(10-6-2,11-7-3)12-8-4;1-3-4(2)5/h5-9H2,1-4H3;5H,3H2,1-2H3. The van der Waals surface area contributed by atoms with Gasteiger partial charge in [-0.3, -0.25) is 0 Å². The van der Waals surface area contributed by atoms with Crippen LogP contribution in [0.5, 0.6) is 0 Å². The van der Waals surface area contributed by atoms with Crippen LogP contribution >= 0.6 is 0 Å². The number of nitrogens with one attached hydrogen (secondary N) is 1. The van der Waals surface area contributed by atoms with Crippen LogP contribution in [0.1, 0.15) is 54.4 Å². The molecule has 0 fully saturated rings. The fraction of sp³-hybridized carbons (Fsp3) is 0.923. The molecular weight excluding hydrogens is 246 g/mol. The number of rotatable bonds is 9. The highest BCUT2D eigenvalue weighted by Crippen LogP contribution is 2.17. The first kappa shape index (κ1) is 20.1. The quantitative estimate of drug-likeness (QED) is 0.514. The molecule has 0 heterocycles. The molecule has 0 aliphatic heterocycles. The Hall–Kier alpha value is -0.233. The Morgan fingerprint density at radius 1 is 0.889 bits per heavy atom. The molecule has 0 atom stereocenters. The molecule has 0 rings (SSSR count). The number of hydrogen-bond acceptors (Lipinski definition) is 4. The normalized spacial score (nSPS) is 10.8. The van der Waals surface area contributed by atoms with E-state index in [2.05, 4.69) is 6.92 Å². The SMILES string of the molecule is CCC(C)=N.CCC[Si](OCC)(OCC)OCC. The van der Waals surface area contributed by atoms with Gasteiger partial charge in [-0.05, 0) is 34.1 Å². The second kappa shape index (κ2) is 13.2. The van der Waals surface area contributed by atoms with E-state index in [4.69, 9.17) is 18.7 Å². The van der Waals surface area contributed by atoms with Crippen molar-refractivity contribution in [3.05, 3.63) is 0 Å². The van der Waals surface area contributed by atoms with Gasteiger partial charge in [0, 0.05) is 31.6 Å². The molecule has 1 N–H and O–H groups in total. The molecule has 5 heteroatoms. The Balaban J connectivity index is 0. The third kappa shape index (κ3) is 10.9. The maximum absolute atomic E-state index is 6.74. The van der Waals surface area contributed by atoms with E-state index in [1.807, 2.05) is 27.7 Å². The average molecular weight is 277 g/mol. The Morgan fingerprint density at radius 2 is 1.22 bits per heavy atom. The van der Waals surface area contributed by atoms with E-state index >= 15 is 0 Å². The van der Waals surface area contributed by atoms with E-state index in [9.17, 15) is 0 Å². The molecule has 0 spiro atoms. The Labute approximate surface area is 114 Å². The van der Waals surface area contributed by atoms with Crippen molar-refractivity contribution in [2.75, 3.05) is 19.8 Å². The second-order valence-corrected chi connectivity index (χ2v) is 6.60. The van der Waals surface area contributed by atoms with Crippen LogP contribution < -0.4 is 0 Å². The third-order valence-electron chi connectivity index (χ3n) is 2.18. The van der Waals surface area contributed by atoms with Gasteiger partial charge in [-0.25, -0.2) is 0 Å². The van der Waals surface area contributed by atoms with Gasteiger partial charge in [-0.2, -0.15) is 0 Å². The van der Waals surface area contributed by atoms with E-state index in [1.165, 1.54) is 0 Å². The van der Waals surface area contributed by atoms with E-state index in [0.29, 0.717) is 19.8 Å². The van der Waals surface area contributed by atoms with Crippen LogP contribution in [-0.4, -0.2) is 34.3 Å². The zero-order valence-corrected chi connectivity index (χ0v) is 14.0. The molecule has 0 aliphatic rings. The van der Waals surface area contributed by atoms with Crippen molar-refractivity contribution in [1.29, 1.82) is 5.41 Å². The predicted octanol–water partition coefficient (Wildman–Crippen LogP) is 3.88. The molecule has 110 valence electrons. The fourth-order valence-electron chi connectivity index (χ4n) is 1.31. The molecule has 0 saturated carbocycles. The average Bonchev–Trinajstić information content (AvgIpc) is 2.31. The molecule has 0 unspecified atom stereocenters. The van der Waals surface area contributed by atoms with Crippen molar-refractivity contribution in [2.45, 2.75) is 60.4 Å². The molecule has 0 aromatic rings. The summed E-state index contributed by atoms with van der Waals surface area (Å²) < 4.78 is 16.9. The summed E-state index contributed by atoms with van der Waals surface area (Å²) in [6.07, 6.45) is 1.94. The lowest BCUT2D eigenvalue weighted by molar-refractivity contribution is 0.0712. The van der Waals surface area contributed by atoms with Crippen molar-refractivity contribution in [3.63, 3.8) is 0 Å². The lowest BCUT2D eigenvalue weighted by Crippen LogP contribution is -2.45. The van der Waals surface area contributed by atoms with Gasteiger partial charge in [0.1, 0.15) is 0 Å².